The third kappa shape index (κ3) is 8.00. The van der Waals surface area contributed by atoms with Gasteiger partial charge < -0.3 is 14.4 Å². The highest BCUT2D eigenvalue weighted by Gasteiger charge is 2.18. The van der Waals surface area contributed by atoms with Crippen molar-refractivity contribution < 1.29 is 14.3 Å². The Morgan fingerprint density at radius 2 is 2.07 bits per heavy atom. The van der Waals surface area contributed by atoms with Crippen LogP contribution < -0.4 is 0 Å². The van der Waals surface area contributed by atoms with Gasteiger partial charge in [-0.3, -0.25) is 4.79 Å². The maximum absolute atomic E-state index is 9.96. The molecule has 88 valence electrons. The minimum atomic E-state index is -0.279. The monoisotopic (exact) mass is 215 g/mol. The lowest BCUT2D eigenvalue weighted by Crippen LogP contribution is -2.31. The molecule has 15 heavy (non-hydrogen) atoms. The number of ether oxygens (including phenoxy) is 2. The Morgan fingerprint density at radius 3 is 2.60 bits per heavy atom. The zero-order valence-electron chi connectivity index (χ0n) is 10.0. The van der Waals surface area contributed by atoms with Crippen LogP contribution in [0.2, 0.25) is 0 Å². The van der Waals surface area contributed by atoms with E-state index in [1.54, 1.807) is 0 Å². The van der Waals surface area contributed by atoms with Crippen molar-refractivity contribution in [3.63, 3.8) is 0 Å². The van der Waals surface area contributed by atoms with Crippen LogP contribution in [0.4, 0.5) is 0 Å². The minimum absolute atomic E-state index is 0.279. The first-order chi connectivity index (χ1) is 7.02. The molecule has 0 aliphatic heterocycles. The molecule has 0 spiro atoms. The summed E-state index contributed by atoms with van der Waals surface area (Å²) in [6.07, 6.45) is 4.58. The summed E-state index contributed by atoms with van der Waals surface area (Å²) in [6.45, 7) is 7.29. The van der Waals surface area contributed by atoms with Crippen molar-refractivity contribution in [2.24, 2.45) is 0 Å². The second-order valence-electron chi connectivity index (χ2n) is 3.99. The normalized spacial score (nSPS) is 11.7. The highest BCUT2D eigenvalue weighted by molar-refractivity contribution is 5.36. The van der Waals surface area contributed by atoms with Crippen molar-refractivity contribution in [2.75, 3.05) is 20.4 Å². The Balaban J connectivity index is 3.76. The summed E-state index contributed by atoms with van der Waals surface area (Å²) in [5, 5.41) is 0. The standard InChI is InChI=1S/C11H21NO3/c1-5-7-12(4)9-15-11(2,3)6-8-14-10-13/h5,7,10H,6,8-9H2,1-4H3. The van der Waals surface area contributed by atoms with E-state index in [2.05, 4.69) is 4.74 Å². The molecule has 0 rings (SSSR count). The summed E-state index contributed by atoms with van der Waals surface area (Å²) < 4.78 is 10.3. The number of hydrogen-bond donors (Lipinski definition) is 0. The van der Waals surface area contributed by atoms with Gasteiger partial charge in [0.25, 0.3) is 6.47 Å². The van der Waals surface area contributed by atoms with Crippen LogP contribution in [0.1, 0.15) is 27.2 Å². The fourth-order valence-electron chi connectivity index (χ4n) is 0.999. The van der Waals surface area contributed by atoms with Crippen LogP contribution in [0, 0.1) is 0 Å². The van der Waals surface area contributed by atoms with Crippen molar-refractivity contribution in [1.29, 1.82) is 0 Å². The molecule has 0 fully saturated rings. The molecule has 0 aromatic rings. The Kier molecular flexibility index (Phi) is 6.79. The summed E-state index contributed by atoms with van der Waals surface area (Å²) >= 11 is 0. The predicted octanol–water partition coefficient (Wildman–Crippen LogP) is 1.77. The molecule has 0 saturated heterocycles. The first kappa shape index (κ1) is 14.0. The molecule has 0 radical (unpaired) electrons. The largest absolute Gasteiger partial charge is 0.468 e. The topological polar surface area (TPSA) is 38.8 Å². The number of hydrogen-bond acceptors (Lipinski definition) is 4. The van der Waals surface area contributed by atoms with E-state index in [4.69, 9.17) is 4.74 Å². The highest BCUT2D eigenvalue weighted by Crippen LogP contribution is 2.14. The number of nitrogens with zero attached hydrogens (tertiary/aromatic N) is 1. The summed E-state index contributed by atoms with van der Waals surface area (Å²) in [7, 11) is 1.94. The summed E-state index contributed by atoms with van der Waals surface area (Å²) in [5.41, 5.74) is -0.279. The third-order valence-corrected chi connectivity index (χ3v) is 1.95. The molecule has 0 aliphatic carbocycles. The third-order valence-electron chi connectivity index (χ3n) is 1.95. The zero-order valence-corrected chi connectivity index (χ0v) is 10.0. The van der Waals surface area contributed by atoms with E-state index in [-0.39, 0.29) is 5.60 Å². The van der Waals surface area contributed by atoms with Crippen molar-refractivity contribution in [3.05, 3.63) is 12.3 Å². The molecule has 0 N–H and O–H groups in total. The molecule has 0 amide bonds. The second kappa shape index (κ2) is 7.29. The summed E-state index contributed by atoms with van der Waals surface area (Å²) in [4.78, 5) is 11.9. The molecule has 0 unspecified atom stereocenters. The van der Waals surface area contributed by atoms with Crippen LogP contribution in [0.25, 0.3) is 0 Å². The summed E-state index contributed by atoms with van der Waals surface area (Å²) in [5.74, 6) is 0. The first-order valence-electron chi connectivity index (χ1n) is 5.04. The lowest BCUT2D eigenvalue weighted by atomic mass is 10.1. The Hall–Kier alpha value is -1.03. The van der Waals surface area contributed by atoms with E-state index >= 15 is 0 Å². The van der Waals surface area contributed by atoms with E-state index in [0.717, 1.165) is 0 Å². The number of carbonyl (C=O) groups is 1. The van der Waals surface area contributed by atoms with Gasteiger partial charge in [0.05, 0.1) is 12.2 Å². The highest BCUT2D eigenvalue weighted by atomic mass is 16.5. The van der Waals surface area contributed by atoms with Gasteiger partial charge in [-0.1, -0.05) is 6.08 Å². The molecule has 4 heteroatoms. The van der Waals surface area contributed by atoms with Crippen LogP contribution in [0.5, 0.6) is 0 Å². The summed E-state index contributed by atoms with van der Waals surface area (Å²) in [6, 6.07) is 0. The maximum Gasteiger partial charge on any atom is 0.293 e. The molecule has 0 bridgehead atoms. The van der Waals surface area contributed by atoms with Gasteiger partial charge >= 0.3 is 0 Å². The molecule has 0 aliphatic rings. The fourth-order valence-corrected chi connectivity index (χ4v) is 0.999. The lowest BCUT2D eigenvalue weighted by Gasteiger charge is -2.27. The van der Waals surface area contributed by atoms with Crippen LogP contribution in [0.3, 0.4) is 0 Å². The van der Waals surface area contributed by atoms with Gasteiger partial charge in [0.1, 0.15) is 6.73 Å². The Morgan fingerprint density at radius 1 is 1.40 bits per heavy atom. The molecule has 0 aromatic carbocycles. The smallest absolute Gasteiger partial charge is 0.293 e. The number of carbonyl (C=O) groups excluding carboxylic acids is 1. The number of rotatable bonds is 8. The second-order valence-corrected chi connectivity index (χ2v) is 3.99. The average molecular weight is 215 g/mol. The van der Waals surface area contributed by atoms with Crippen molar-refractivity contribution in [3.8, 4) is 0 Å². The maximum atomic E-state index is 9.96. The number of allylic oxidation sites excluding steroid dienone is 1. The Labute approximate surface area is 91.8 Å². The van der Waals surface area contributed by atoms with Crippen LogP contribution in [-0.4, -0.2) is 37.4 Å². The van der Waals surface area contributed by atoms with Gasteiger partial charge in [0.2, 0.25) is 0 Å². The van der Waals surface area contributed by atoms with E-state index < -0.39 is 0 Å². The predicted molar refractivity (Wildman–Crippen MR) is 59.2 cm³/mol. The van der Waals surface area contributed by atoms with Crippen molar-refractivity contribution in [2.45, 2.75) is 32.8 Å². The molecule has 0 heterocycles. The van der Waals surface area contributed by atoms with Gasteiger partial charge in [-0.05, 0) is 27.0 Å². The average Bonchev–Trinajstić information content (AvgIpc) is 2.16. The molecule has 0 atom stereocenters. The lowest BCUT2D eigenvalue weighted by molar-refractivity contribution is -0.131. The molecule has 0 saturated carbocycles. The van der Waals surface area contributed by atoms with Crippen LogP contribution in [-0.2, 0) is 14.3 Å². The van der Waals surface area contributed by atoms with Crippen molar-refractivity contribution >= 4 is 6.47 Å². The van der Waals surface area contributed by atoms with Gasteiger partial charge in [0.15, 0.2) is 0 Å². The fraction of sp³-hybridized carbons (Fsp3) is 0.727. The molecule has 4 nitrogen and oxygen atoms in total. The van der Waals surface area contributed by atoms with E-state index in [1.807, 2.05) is 45.0 Å². The van der Waals surface area contributed by atoms with Crippen LogP contribution >= 0.6 is 0 Å². The van der Waals surface area contributed by atoms with Gasteiger partial charge in [-0.15, -0.1) is 0 Å². The zero-order chi connectivity index (χ0) is 11.7. The SMILES string of the molecule is CC=CN(C)COC(C)(C)CCOC=O. The van der Waals surface area contributed by atoms with E-state index in [0.29, 0.717) is 26.2 Å². The van der Waals surface area contributed by atoms with Crippen LogP contribution in [0.15, 0.2) is 12.3 Å². The Bertz CT molecular complexity index is 202. The van der Waals surface area contributed by atoms with Crippen molar-refractivity contribution in [1.82, 2.24) is 4.90 Å². The van der Waals surface area contributed by atoms with E-state index in [9.17, 15) is 4.79 Å². The minimum Gasteiger partial charge on any atom is -0.468 e. The van der Waals surface area contributed by atoms with E-state index in [1.165, 1.54) is 0 Å². The quantitative estimate of drug-likeness (QED) is 0.351. The molecular formula is C11H21NO3. The first-order valence-corrected chi connectivity index (χ1v) is 5.04. The van der Waals surface area contributed by atoms with Gasteiger partial charge in [-0.2, -0.15) is 0 Å². The molecular weight excluding hydrogens is 194 g/mol. The molecule has 0 aromatic heterocycles. The van der Waals surface area contributed by atoms with Gasteiger partial charge in [-0.25, -0.2) is 0 Å². The van der Waals surface area contributed by atoms with Gasteiger partial charge in [0, 0.05) is 13.5 Å².